The molecule has 0 radical (unpaired) electrons. The van der Waals surface area contributed by atoms with E-state index >= 15 is 0 Å². The predicted molar refractivity (Wildman–Crippen MR) is 81.4 cm³/mol. The summed E-state index contributed by atoms with van der Waals surface area (Å²) in [6, 6.07) is 0.234. The average Bonchev–Trinajstić information content (AvgIpc) is 2.91. The standard InChI is InChI=1S/C16H30N2O2/c1-6-14(17(5)13(2)19)9-10-16(3,4)15(20)18-11-7-8-12-18/h14H,6-12H2,1-5H3. The highest BCUT2D eigenvalue weighted by molar-refractivity contribution is 5.82. The monoisotopic (exact) mass is 282 g/mol. The summed E-state index contributed by atoms with van der Waals surface area (Å²) in [6.07, 6.45) is 4.92. The Morgan fingerprint density at radius 3 is 2.25 bits per heavy atom. The molecule has 0 spiro atoms. The lowest BCUT2D eigenvalue weighted by Crippen LogP contribution is -2.41. The summed E-state index contributed by atoms with van der Waals surface area (Å²) in [5.41, 5.74) is -0.324. The van der Waals surface area contributed by atoms with Crippen LogP contribution < -0.4 is 0 Å². The third kappa shape index (κ3) is 4.22. The Kier molecular flexibility index (Phi) is 6.03. The summed E-state index contributed by atoms with van der Waals surface area (Å²) in [6.45, 7) is 9.59. The van der Waals surface area contributed by atoms with Gasteiger partial charge in [-0.25, -0.2) is 0 Å². The number of carbonyl (C=O) groups is 2. The second-order valence-electron chi connectivity index (χ2n) is 6.61. The lowest BCUT2D eigenvalue weighted by molar-refractivity contribution is -0.139. The van der Waals surface area contributed by atoms with Gasteiger partial charge in [-0.15, -0.1) is 0 Å². The van der Waals surface area contributed by atoms with Crippen molar-refractivity contribution in [1.82, 2.24) is 9.80 Å². The van der Waals surface area contributed by atoms with Crippen LogP contribution in [0.4, 0.5) is 0 Å². The molecular weight excluding hydrogens is 252 g/mol. The Hall–Kier alpha value is -1.06. The van der Waals surface area contributed by atoms with Crippen molar-refractivity contribution in [3.8, 4) is 0 Å². The molecule has 0 aromatic heterocycles. The number of carbonyl (C=O) groups excluding carboxylic acids is 2. The van der Waals surface area contributed by atoms with Gasteiger partial charge in [0, 0.05) is 38.5 Å². The molecule has 1 saturated heterocycles. The van der Waals surface area contributed by atoms with E-state index in [0.717, 1.165) is 45.2 Å². The van der Waals surface area contributed by atoms with Crippen molar-refractivity contribution < 1.29 is 9.59 Å². The van der Waals surface area contributed by atoms with E-state index < -0.39 is 0 Å². The Morgan fingerprint density at radius 1 is 1.25 bits per heavy atom. The number of likely N-dealkylation sites (tertiary alicyclic amines) is 1. The zero-order valence-electron chi connectivity index (χ0n) is 13.7. The largest absolute Gasteiger partial charge is 0.343 e. The maximum atomic E-state index is 12.5. The Morgan fingerprint density at radius 2 is 1.80 bits per heavy atom. The zero-order valence-corrected chi connectivity index (χ0v) is 13.7. The zero-order chi connectivity index (χ0) is 15.3. The molecule has 1 rings (SSSR count). The first kappa shape index (κ1) is 17.0. The van der Waals surface area contributed by atoms with Gasteiger partial charge in [-0.3, -0.25) is 9.59 Å². The van der Waals surface area contributed by atoms with E-state index in [0.29, 0.717) is 0 Å². The molecule has 4 heteroatoms. The first-order valence-corrected chi connectivity index (χ1v) is 7.82. The maximum absolute atomic E-state index is 12.5. The molecule has 0 aliphatic carbocycles. The van der Waals surface area contributed by atoms with E-state index in [1.165, 1.54) is 0 Å². The molecule has 1 aliphatic rings. The summed E-state index contributed by atoms with van der Waals surface area (Å²) in [4.78, 5) is 27.8. The second kappa shape index (κ2) is 7.09. The quantitative estimate of drug-likeness (QED) is 0.751. The Bertz CT molecular complexity index is 346. The fraction of sp³-hybridized carbons (Fsp3) is 0.875. The molecule has 1 fully saturated rings. The van der Waals surface area contributed by atoms with Crippen molar-refractivity contribution in [1.29, 1.82) is 0 Å². The Balaban J connectivity index is 2.56. The normalized spacial score (nSPS) is 17.1. The van der Waals surface area contributed by atoms with Gasteiger partial charge < -0.3 is 9.80 Å². The van der Waals surface area contributed by atoms with Crippen molar-refractivity contribution in [3.05, 3.63) is 0 Å². The van der Waals surface area contributed by atoms with Gasteiger partial charge in [0.15, 0.2) is 0 Å². The van der Waals surface area contributed by atoms with E-state index in [2.05, 4.69) is 6.92 Å². The van der Waals surface area contributed by atoms with Crippen LogP contribution in [0.5, 0.6) is 0 Å². The minimum absolute atomic E-state index is 0.0977. The molecule has 0 bridgehead atoms. The number of hydrogen-bond acceptors (Lipinski definition) is 2. The molecule has 0 saturated carbocycles. The summed E-state index contributed by atoms with van der Waals surface area (Å²) in [5.74, 6) is 0.371. The van der Waals surface area contributed by atoms with E-state index in [4.69, 9.17) is 0 Å². The molecule has 0 aromatic carbocycles. The lowest BCUT2D eigenvalue weighted by atomic mass is 9.84. The highest BCUT2D eigenvalue weighted by atomic mass is 16.2. The van der Waals surface area contributed by atoms with Gasteiger partial charge in [0.2, 0.25) is 11.8 Å². The molecule has 20 heavy (non-hydrogen) atoms. The average molecular weight is 282 g/mol. The van der Waals surface area contributed by atoms with Crippen LogP contribution in [0.3, 0.4) is 0 Å². The molecule has 1 aliphatic heterocycles. The number of rotatable bonds is 6. The van der Waals surface area contributed by atoms with Crippen LogP contribution in [0.25, 0.3) is 0 Å². The SMILES string of the molecule is CCC(CCC(C)(C)C(=O)N1CCCC1)N(C)C(C)=O. The molecule has 116 valence electrons. The molecule has 2 amide bonds. The molecule has 0 N–H and O–H groups in total. The third-order valence-electron chi connectivity index (χ3n) is 4.59. The highest BCUT2D eigenvalue weighted by Crippen LogP contribution is 2.29. The topological polar surface area (TPSA) is 40.6 Å². The fourth-order valence-corrected chi connectivity index (χ4v) is 2.91. The molecule has 1 heterocycles. The minimum Gasteiger partial charge on any atom is -0.343 e. The van der Waals surface area contributed by atoms with Crippen LogP contribution in [-0.2, 0) is 9.59 Å². The van der Waals surface area contributed by atoms with Crippen LogP contribution in [0.2, 0.25) is 0 Å². The summed E-state index contributed by atoms with van der Waals surface area (Å²) in [5, 5.41) is 0. The summed E-state index contributed by atoms with van der Waals surface area (Å²) >= 11 is 0. The predicted octanol–water partition coefficient (Wildman–Crippen LogP) is 2.67. The van der Waals surface area contributed by atoms with Crippen LogP contribution in [0, 0.1) is 5.41 Å². The molecule has 4 nitrogen and oxygen atoms in total. The smallest absolute Gasteiger partial charge is 0.228 e. The minimum atomic E-state index is -0.324. The fourth-order valence-electron chi connectivity index (χ4n) is 2.91. The molecule has 0 aromatic rings. The van der Waals surface area contributed by atoms with Crippen molar-refractivity contribution >= 4 is 11.8 Å². The number of amides is 2. The van der Waals surface area contributed by atoms with Crippen LogP contribution >= 0.6 is 0 Å². The third-order valence-corrected chi connectivity index (χ3v) is 4.59. The van der Waals surface area contributed by atoms with Gasteiger partial charge in [-0.2, -0.15) is 0 Å². The Labute approximate surface area is 123 Å². The van der Waals surface area contributed by atoms with Gasteiger partial charge >= 0.3 is 0 Å². The van der Waals surface area contributed by atoms with Gasteiger partial charge in [0.1, 0.15) is 0 Å². The number of hydrogen-bond donors (Lipinski definition) is 0. The molecule has 1 atom stereocenters. The maximum Gasteiger partial charge on any atom is 0.228 e. The van der Waals surface area contributed by atoms with Gasteiger partial charge in [-0.05, 0) is 32.1 Å². The second-order valence-corrected chi connectivity index (χ2v) is 6.61. The first-order valence-electron chi connectivity index (χ1n) is 7.82. The van der Waals surface area contributed by atoms with Crippen molar-refractivity contribution in [2.45, 2.75) is 65.8 Å². The van der Waals surface area contributed by atoms with E-state index in [1.54, 1.807) is 11.8 Å². The van der Waals surface area contributed by atoms with Crippen LogP contribution in [0.1, 0.15) is 59.8 Å². The van der Waals surface area contributed by atoms with Crippen molar-refractivity contribution in [2.75, 3.05) is 20.1 Å². The van der Waals surface area contributed by atoms with Crippen LogP contribution in [0.15, 0.2) is 0 Å². The lowest BCUT2D eigenvalue weighted by Gasteiger charge is -2.32. The summed E-state index contributed by atoms with van der Waals surface area (Å²) < 4.78 is 0. The van der Waals surface area contributed by atoms with Crippen LogP contribution in [-0.4, -0.2) is 47.8 Å². The van der Waals surface area contributed by atoms with E-state index in [9.17, 15) is 9.59 Å². The highest BCUT2D eigenvalue weighted by Gasteiger charge is 2.33. The number of nitrogens with zero attached hydrogens (tertiary/aromatic N) is 2. The molecular formula is C16H30N2O2. The van der Waals surface area contributed by atoms with Gasteiger partial charge in [-0.1, -0.05) is 20.8 Å². The van der Waals surface area contributed by atoms with E-state index in [-0.39, 0.29) is 23.3 Å². The first-order chi connectivity index (χ1) is 9.29. The van der Waals surface area contributed by atoms with Crippen molar-refractivity contribution in [2.24, 2.45) is 5.41 Å². The molecule has 1 unspecified atom stereocenters. The van der Waals surface area contributed by atoms with Gasteiger partial charge in [0.05, 0.1) is 0 Å². The van der Waals surface area contributed by atoms with Crippen molar-refractivity contribution in [3.63, 3.8) is 0 Å². The van der Waals surface area contributed by atoms with Gasteiger partial charge in [0.25, 0.3) is 0 Å². The van der Waals surface area contributed by atoms with E-state index in [1.807, 2.05) is 25.8 Å². The summed E-state index contributed by atoms with van der Waals surface area (Å²) in [7, 11) is 1.85.